The molecule has 2 aromatic rings. The number of hydrogen-bond acceptors (Lipinski definition) is 5. The number of nitrogens with one attached hydrogen (secondary N) is 2. The van der Waals surface area contributed by atoms with Crippen LogP contribution in [0.2, 0.25) is 0 Å². The van der Waals surface area contributed by atoms with Crippen LogP contribution in [0, 0.1) is 13.8 Å². The molecule has 0 saturated heterocycles. The molecule has 0 unspecified atom stereocenters. The first-order valence-electron chi connectivity index (χ1n) is 8.36. The molecule has 0 saturated carbocycles. The molecule has 0 aliphatic rings. The van der Waals surface area contributed by atoms with Crippen molar-refractivity contribution in [3.05, 3.63) is 51.2 Å². The zero-order chi connectivity index (χ0) is 20.2. The van der Waals surface area contributed by atoms with Crippen molar-refractivity contribution in [1.29, 1.82) is 0 Å². The summed E-state index contributed by atoms with van der Waals surface area (Å²) < 4.78 is 25.9. The van der Waals surface area contributed by atoms with Gasteiger partial charge in [0.05, 0.1) is 16.3 Å². The second kappa shape index (κ2) is 8.64. The minimum Gasteiger partial charge on any atom is -0.272 e. The first-order valence-corrected chi connectivity index (χ1v) is 10.6. The first kappa shape index (κ1) is 21.1. The monoisotopic (exact) mass is 409 g/mol. The Morgan fingerprint density at radius 3 is 2.30 bits per heavy atom. The van der Waals surface area contributed by atoms with Gasteiger partial charge in [-0.25, -0.2) is 8.42 Å². The number of hydrogen-bond donors (Lipinski definition) is 2. The van der Waals surface area contributed by atoms with Gasteiger partial charge in [-0.05, 0) is 44.0 Å². The zero-order valence-electron chi connectivity index (χ0n) is 15.7. The topological polar surface area (TPSA) is 95.6 Å². The summed E-state index contributed by atoms with van der Waals surface area (Å²) in [5.74, 6) is -1.06. The van der Waals surface area contributed by atoms with E-state index in [4.69, 9.17) is 0 Å². The third-order valence-corrected chi connectivity index (χ3v) is 7.17. The SMILES string of the molecule is CCc1sc(C(=O)NNC(=O)CN(C)S(=O)(=O)c2ccc(C)cc2)cc1C. The predicted molar refractivity (Wildman–Crippen MR) is 105 cm³/mol. The van der Waals surface area contributed by atoms with E-state index in [0.29, 0.717) is 4.88 Å². The molecule has 0 fully saturated rings. The fourth-order valence-corrected chi connectivity index (χ4v) is 4.52. The summed E-state index contributed by atoms with van der Waals surface area (Å²) in [5, 5.41) is 0. The number of carbonyl (C=O) groups is 2. The van der Waals surface area contributed by atoms with Crippen molar-refractivity contribution in [2.45, 2.75) is 32.1 Å². The highest BCUT2D eigenvalue weighted by Crippen LogP contribution is 2.22. The van der Waals surface area contributed by atoms with Gasteiger partial charge in [0.1, 0.15) is 0 Å². The molecule has 7 nitrogen and oxygen atoms in total. The van der Waals surface area contributed by atoms with Crippen LogP contribution in [0.5, 0.6) is 0 Å². The lowest BCUT2D eigenvalue weighted by Gasteiger charge is -2.17. The molecular formula is C18H23N3O4S2. The Hall–Kier alpha value is -2.23. The van der Waals surface area contributed by atoms with Gasteiger partial charge in [0.15, 0.2) is 0 Å². The highest BCUT2D eigenvalue weighted by atomic mass is 32.2. The second-order valence-electron chi connectivity index (χ2n) is 6.15. The second-order valence-corrected chi connectivity index (χ2v) is 9.33. The van der Waals surface area contributed by atoms with Crippen molar-refractivity contribution in [2.24, 2.45) is 0 Å². The van der Waals surface area contributed by atoms with Crippen molar-refractivity contribution in [3.8, 4) is 0 Å². The quantitative estimate of drug-likeness (QED) is 0.714. The third kappa shape index (κ3) is 5.15. The molecule has 2 amide bonds. The predicted octanol–water partition coefficient (Wildman–Crippen LogP) is 2.01. The summed E-state index contributed by atoms with van der Waals surface area (Å²) in [7, 11) is -2.47. The average molecular weight is 410 g/mol. The van der Waals surface area contributed by atoms with Gasteiger partial charge in [0.2, 0.25) is 10.0 Å². The average Bonchev–Trinajstić information content (AvgIpc) is 3.01. The Morgan fingerprint density at radius 1 is 1.11 bits per heavy atom. The van der Waals surface area contributed by atoms with Gasteiger partial charge in [-0.15, -0.1) is 11.3 Å². The lowest BCUT2D eigenvalue weighted by molar-refractivity contribution is -0.121. The standard InChI is InChI=1S/C18H23N3O4S2/c1-5-15-13(3)10-16(26-15)18(23)20-19-17(22)11-21(4)27(24,25)14-8-6-12(2)7-9-14/h6-10H,5,11H2,1-4H3,(H,19,22)(H,20,23). The fourth-order valence-electron chi connectivity index (χ4n) is 2.39. The van der Waals surface area contributed by atoms with E-state index in [1.54, 1.807) is 18.2 Å². The van der Waals surface area contributed by atoms with Crippen LogP contribution >= 0.6 is 11.3 Å². The number of amides is 2. The lowest BCUT2D eigenvalue weighted by Crippen LogP contribution is -2.46. The van der Waals surface area contributed by atoms with Gasteiger partial charge in [-0.2, -0.15) is 4.31 Å². The number of nitrogens with zero attached hydrogens (tertiary/aromatic N) is 1. The number of sulfonamides is 1. The third-order valence-electron chi connectivity index (χ3n) is 3.98. The molecule has 2 N–H and O–H groups in total. The number of carbonyl (C=O) groups excluding carboxylic acids is 2. The number of aryl methyl sites for hydroxylation is 3. The smallest absolute Gasteiger partial charge is 0.272 e. The molecule has 1 aromatic heterocycles. The van der Waals surface area contributed by atoms with Crippen molar-refractivity contribution >= 4 is 33.2 Å². The van der Waals surface area contributed by atoms with Gasteiger partial charge in [0, 0.05) is 11.9 Å². The Labute approximate surface area is 163 Å². The number of rotatable bonds is 6. The van der Waals surface area contributed by atoms with Crippen LogP contribution in [0.1, 0.15) is 32.6 Å². The van der Waals surface area contributed by atoms with E-state index in [9.17, 15) is 18.0 Å². The van der Waals surface area contributed by atoms with E-state index in [2.05, 4.69) is 10.9 Å². The normalized spacial score (nSPS) is 11.4. The van der Waals surface area contributed by atoms with Crippen LogP contribution < -0.4 is 10.9 Å². The lowest BCUT2D eigenvalue weighted by atomic mass is 10.2. The molecular weight excluding hydrogens is 386 g/mol. The summed E-state index contributed by atoms with van der Waals surface area (Å²) >= 11 is 1.37. The Morgan fingerprint density at radius 2 is 1.74 bits per heavy atom. The van der Waals surface area contributed by atoms with Crippen LogP contribution in [0.3, 0.4) is 0 Å². The molecule has 27 heavy (non-hydrogen) atoms. The number of hydrazine groups is 1. The maximum absolute atomic E-state index is 12.5. The maximum Gasteiger partial charge on any atom is 0.279 e. The summed E-state index contributed by atoms with van der Waals surface area (Å²) in [6.45, 7) is 5.37. The Kier molecular flexibility index (Phi) is 6.74. The molecule has 9 heteroatoms. The van der Waals surface area contributed by atoms with Gasteiger partial charge < -0.3 is 0 Å². The summed E-state index contributed by atoms with van der Waals surface area (Å²) in [6.07, 6.45) is 0.831. The zero-order valence-corrected chi connectivity index (χ0v) is 17.3. The summed E-state index contributed by atoms with van der Waals surface area (Å²) in [5.41, 5.74) is 6.54. The van der Waals surface area contributed by atoms with Crippen LogP contribution in [-0.4, -0.2) is 38.1 Å². The summed E-state index contributed by atoms with van der Waals surface area (Å²) in [6, 6.07) is 8.12. The van der Waals surface area contributed by atoms with Crippen LogP contribution in [0.15, 0.2) is 35.2 Å². The number of benzene rings is 1. The highest BCUT2D eigenvalue weighted by molar-refractivity contribution is 7.89. The van der Waals surface area contributed by atoms with Crippen molar-refractivity contribution in [3.63, 3.8) is 0 Å². The number of likely N-dealkylation sites (N-methyl/N-ethyl adjacent to an activating group) is 1. The van der Waals surface area contributed by atoms with Crippen LogP contribution in [0.4, 0.5) is 0 Å². The molecule has 146 valence electrons. The minimum absolute atomic E-state index is 0.105. The molecule has 1 heterocycles. The Balaban J connectivity index is 1.94. The molecule has 0 bridgehead atoms. The Bertz CT molecular complexity index is 934. The molecule has 0 atom stereocenters. The number of thiophene rings is 1. The van der Waals surface area contributed by atoms with Gasteiger partial charge in [-0.3, -0.25) is 20.4 Å². The van der Waals surface area contributed by atoms with E-state index in [1.165, 1.54) is 30.5 Å². The molecule has 0 radical (unpaired) electrons. The summed E-state index contributed by atoms with van der Waals surface area (Å²) in [4.78, 5) is 25.8. The van der Waals surface area contributed by atoms with Gasteiger partial charge in [0.25, 0.3) is 11.8 Å². The van der Waals surface area contributed by atoms with Crippen molar-refractivity contribution < 1.29 is 18.0 Å². The molecule has 0 spiro atoms. The van der Waals surface area contributed by atoms with Crippen molar-refractivity contribution in [2.75, 3.05) is 13.6 Å². The van der Waals surface area contributed by atoms with Gasteiger partial charge >= 0.3 is 0 Å². The molecule has 2 rings (SSSR count). The van der Waals surface area contributed by atoms with E-state index >= 15 is 0 Å². The van der Waals surface area contributed by atoms with Crippen LogP contribution in [0.25, 0.3) is 0 Å². The molecule has 0 aliphatic heterocycles. The maximum atomic E-state index is 12.5. The van der Waals surface area contributed by atoms with E-state index < -0.39 is 28.4 Å². The van der Waals surface area contributed by atoms with Crippen molar-refractivity contribution in [1.82, 2.24) is 15.2 Å². The first-order chi connectivity index (χ1) is 12.6. The van der Waals surface area contributed by atoms with Crippen LogP contribution in [-0.2, 0) is 21.2 Å². The molecule has 0 aliphatic carbocycles. The van der Waals surface area contributed by atoms with E-state index in [-0.39, 0.29) is 4.90 Å². The fraction of sp³-hybridized carbons (Fsp3) is 0.333. The van der Waals surface area contributed by atoms with Gasteiger partial charge in [-0.1, -0.05) is 24.6 Å². The van der Waals surface area contributed by atoms with E-state index in [0.717, 1.165) is 26.7 Å². The largest absolute Gasteiger partial charge is 0.279 e. The minimum atomic E-state index is -3.79. The molecule has 1 aromatic carbocycles. The van der Waals surface area contributed by atoms with E-state index in [1.807, 2.05) is 20.8 Å². The highest BCUT2D eigenvalue weighted by Gasteiger charge is 2.23.